The molecule has 1 radical (unpaired) electrons. The maximum Gasteiger partial charge on any atom is 1.00 e. The number of carbonyl (C=O) groups is 1. The third kappa shape index (κ3) is 6.00. The predicted octanol–water partition coefficient (Wildman–Crippen LogP) is 1.09. The van der Waals surface area contributed by atoms with Crippen LogP contribution in [0.15, 0.2) is 7.87 Å². The van der Waals surface area contributed by atoms with Crippen molar-refractivity contribution in [1.29, 1.82) is 0 Å². The van der Waals surface area contributed by atoms with Gasteiger partial charge in [0, 0.05) is 0 Å². The molecule has 0 saturated carbocycles. The minimum absolute atomic E-state index is 0. The van der Waals surface area contributed by atoms with E-state index in [9.17, 15) is 9.90 Å². The Balaban J connectivity index is 0. The second-order valence-corrected chi connectivity index (χ2v) is 4.30. The summed E-state index contributed by atoms with van der Waals surface area (Å²) in [6.45, 7) is 0. The van der Waals surface area contributed by atoms with Gasteiger partial charge >= 0.3 is 27.7 Å². The first-order valence-corrected chi connectivity index (χ1v) is 3.85. The number of carboxylic acid groups (broad SMARTS) is 1. The molecule has 0 N–H and O–H groups in total. The molecule has 0 aromatic carbocycles. The maximum atomic E-state index is 9.86. The maximum absolute atomic E-state index is 9.86. The van der Waals surface area contributed by atoms with E-state index in [2.05, 4.69) is 47.8 Å². The first-order chi connectivity index (χ1) is 3.55. The standard InChI is InChI=1S/C3HBr3O2.Hg/c4-1(2(5)6)3(7)8;/h(H,7,8);/q;+1/p-1. The second-order valence-electron chi connectivity index (χ2n) is 0.862. The summed E-state index contributed by atoms with van der Waals surface area (Å²) >= 11 is 8.47. The Morgan fingerprint density at radius 3 is 1.56 bits per heavy atom. The largest absolute Gasteiger partial charge is 1.00 e. The SMILES string of the molecule is O=C([O-])C(Br)=C(Br)Br.[Hg+]. The monoisotopic (exact) mass is 507 g/mol. The van der Waals surface area contributed by atoms with Crippen LogP contribution in [0, 0.1) is 0 Å². The van der Waals surface area contributed by atoms with Gasteiger partial charge in [0.2, 0.25) is 0 Å². The van der Waals surface area contributed by atoms with E-state index in [-0.39, 0.29) is 32.2 Å². The van der Waals surface area contributed by atoms with E-state index in [1.54, 1.807) is 0 Å². The molecule has 0 spiro atoms. The molecule has 47 valence electrons. The zero-order valence-electron chi connectivity index (χ0n) is 4.16. The zero-order chi connectivity index (χ0) is 6.73. The molecule has 0 aromatic rings. The van der Waals surface area contributed by atoms with Crippen LogP contribution in [0.25, 0.3) is 0 Å². The predicted molar refractivity (Wildman–Crippen MR) is 38.8 cm³/mol. The third-order valence-electron chi connectivity index (χ3n) is 0.345. The van der Waals surface area contributed by atoms with Crippen LogP contribution >= 0.6 is 47.8 Å². The summed E-state index contributed by atoms with van der Waals surface area (Å²) < 4.78 is 0.308. The van der Waals surface area contributed by atoms with E-state index in [0.717, 1.165) is 0 Å². The van der Waals surface area contributed by atoms with Crippen molar-refractivity contribution in [1.82, 2.24) is 0 Å². The fourth-order valence-corrected chi connectivity index (χ4v) is 0.401. The molecule has 0 aliphatic heterocycles. The van der Waals surface area contributed by atoms with Crippen molar-refractivity contribution in [2.45, 2.75) is 0 Å². The Labute approximate surface area is 98.0 Å². The molecule has 9 heavy (non-hydrogen) atoms. The Morgan fingerprint density at radius 1 is 1.22 bits per heavy atom. The summed E-state index contributed by atoms with van der Waals surface area (Å²) in [5.41, 5.74) is 0. The van der Waals surface area contributed by atoms with E-state index in [0.29, 0.717) is 3.39 Å². The van der Waals surface area contributed by atoms with Gasteiger partial charge in [0.15, 0.2) is 0 Å². The zero-order valence-corrected chi connectivity index (χ0v) is 14.4. The quantitative estimate of drug-likeness (QED) is 0.393. The van der Waals surface area contributed by atoms with Crippen LogP contribution in [-0.4, -0.2) is 5.97 Å². The van der Waals surface area contributed by atoms with Crippen LogP contribution in [0.4, 0.5) is 0 Å². The molecule has 0 aromatic heterocycles. The fourth-order valence-electron chi connectivity index (χ4n) is 0.0772. The third-order valence-corrected chi connectivity index (χ3v) is 2.92. The number of hydrogen-bond donors (Lipinski definition) is 0. The summed E-state index contributed by atoms with van der Waals surface area (Å²) in [4.78, 5) is 9.86. The Kier molecular flexibility index (Phi) is 9.24. The van der Waals surface area contributed by atoms with Gasteiger partial charge in [-0.25, -0.2) is 0 Å². The summed E-state index contributed by atoms with van der Waals surface area (Å²) in [7, 11) is 0. The molecule has 0 amide bonds. The van der Waals surface area contributed by atoms with Crippen LogP contribution in [0.2, 0.25) is 0 Å². The van der Waals surface area contributed by atoms with Gasteiger partial charge in [0.25, 0.3) is 0 Å². The molecule has 0 unspecified atom stereocenters. The van der Waals surface area contributed by atoms with Crippen molar-refractivity contribution < 1.29 is 37.6 Å². The van der Waals surface area contributed by atoms with E-state index >= 15 is 0 Å². The van der Waals surface area contributed by atoms with Gasteiger partial charge in [-0.3, -0.25) is 0 Å². The van der Waals surface area contributed by atoms with Gasteiger partial charge in [-0.15, -0.1) is 0 Å². The van der Waals surface area contributed by atoms with Gasteiger partial charge in [-0.05, 0) is 47.8 Å². The smallest absolute Gasteiger partial charge is 0.544 e. The number of halogens is 3. The Bertz CT molecular complexity index is 140. The molecule has 0 aliphatic rings. The molecule has 0 atom stereocenters. The van der Waals surface area contributed by atoms with E-state index in [1.807, 2.05) is 0 Å². The number of hydrogen-bond acceptors (Lipinski definition) is 2. The first kappa shape index (κ1) is 13.2. The average Bonchev–Trinajstić information content (AvgIpc) is 1.64. The number of aliphatic carboxylic acids is 1. The minimum Gasteiger partial charge on any atom is -0.544 e. The van der Waals surface area contributed by atoms with Crippen molar-refractivity contribution in [3.8, 4) is 0 Å². The number of carboxylic acids is 1. The van der Waals surface area contributed by atoms with Crippen molar-refractivity contribution in [3.05, 3.63) is 7.87 Å². The molecule has 2 nitrogen and oxygen atoms in total. The molecule has 0 fully saturated rings. The molecular formula is C3Br3HgO2. The van der Waals surface area contributed by atoms with Crippen LogP contribution in [0.5, 0.6) is 0 Å². The van der Waals surface area contributed by atoms with Gasteiger partial charge in [-0.2, -0.15) is 0 Å². The van der Waals surface area contributed by atoms with Gasteiger partial charge in [-0.1, -0.05) is 0 Å². The molecule has 0 heterocycles. The molecule has 0 aliphatic carbocycles. The molecule has 0 saturated heterocycles. The van der Waals surface area contributed by atoms with Crippen LogP contribution in [-0.2, 0) is 32.5 Å². The summed E-state index contributed by atoms with van der Waals surface area (Å²) in [5, 5.41) is 9.86. The van der Waals surface area contributed by atoms with Crippen molar-refractivity contribution in [2.75, 3.05) is 0 Å². The second kappa shape index (κ2) is 6.31. The summed E-state index contributed by atoms with van der Waals surface area (Å²) in [6.07, 6.45) is 0. The topological polar surface area (TPSA) is 40.1 Å². The van der Waals surface area contributed by atoms with Gasteiger partial charge in [0.05, 0.1) is 13.8 Å². The summed E-state index contributed by atoms with van der Waals surface area (Å²) in [5.74, 6) is -1.26. The summed E-state index contributed by atoms with van der Waals surface area (Å²) in [6, 6.07) is 0. The van der Waals surface area contributed by atoms with Crippen LogP contribution in [0.3, 0.4) is 0 Å². The molecule has 0 rings (SSSR count). The van der Waals surface area contributed by atoms with Gasteiger partial charge < -0.3 is 9.90 Å². The first-order valence-electron chi connectivity index (χ1n) is 1.48. The van der Waals surface area contributed by atoms with Crippen LogP contribution < -0.4 is 5.11 Å². The Hall–Kier alpha value is 1.59. The van der Waals surface area contributed by atoms with Crippen molar-refractivity contribution in [3.63, 3.8) is 0 Å². The van der Waals surface area contributed by atoms with Gasteiger partial charge in [0.1, 0.15) is 0 Å². The fraction of sp³-hybridized carbons (Fsp3) is 0. The normalized spacial score (nSPS) is 7.44. The van der Waals surface area contributed by atoms with E-state index in [1.165, 1.54) is 0 Å². The van der Waals surface area contributed by atoms with Crippen LogP contribution in [0.1, 0.15) is 0 Å². The van der Waals surface area contributed by atoms with Crippen molar-refractivity contribution >= 4 is 53.8 Å². The molecular weight excluding hydrogens is 508 g/mol. The van der Waals surface area contributed by atoms with E-state index in [4.69, 9.17) is 0 Å². The minimum atomic E-state index is -1.26. The number of rotatable bonds is 1. The Morgan fingerprint density at radius 2 is 1.56 bits per heavy atom. The average molecular weight is 508 g/mol. The van der Waals surface area contributed by atoms with Crippen molar-refractivity contribution in [2.24, 2.45) is 0 Å². The van der Waals surface area contributed by atoms with E-state index < -0.39 is 5.97 Å². The molecule has 6 heteroatoms. The number of carbonyl (C=O) groups excluding carboxylic acids is 1. The molecule has 0 bridgehead atoms.